The molecule has 5 heteroatoms. The van der Waals surface area contributed by atoms with Gasteiger partial charge in [-0.25, -0.2) is 0 Å². The zero-order valence-electron chi connectivity index (χ0n) is 8.33. The van der Waals surface area contributed by atoms with Gasteiger partial charge in [0, 0.05) is 11.8 Å². The molecule has 14 heavy (non-hydrogen) atoms. The lowest BCUT2D eigenvalue weighted by molar-refractivity contribution is -0.387. The zero-order valence-corrected chi connectivity index (χ0v) is 8.33. The van der Waals surface area contributed by atoms with Crippen LogP contribution >= 0.6 is 0 Å². The monoisotopic (exact) mass is 196 g/mol. The Labute approximate surface area is 80.9 Å². The first-order chi connectivity index (χ1) is 6.34. The molecular formula is C9H12N2O3. The number of aromatic nitrogens is 1. The van der Waals surface area contributed by atoms with Crippen molar-refractivity contribution >= 4 is 5.69 Å². The lowest BCUT2D eigenvalue weighted by Gasteiger charge is -2.17. The minimum atomic E-state index is -0.651. The van der Waals surface area contributed by atoms with Crippen molar-refractivity contribution < 1.29 is 4.92 Å². The summed E-state index contributed by atoms with van der Waals surface area (Å²) in [4.78, 5) is 23.6. The predicted octanol–water partition coefficient (Wildman–Crippen LogP) is 1.58. The summed E-state index contributed by atoms with van der Waals surface area (Å²) in [5.74, 6) is 0. The quantitative estimate of drug-likeness (QED) is 0.547. The van der Waals surface area contributed by atoms with Crippen molar-refractivity contribution in [3.8, 4) is 0 Å². The minimum absolute atomic E-state index is 0.361. The molecule has 0 aliphatic rings. The van der Waals surface area contributed by atoms with E-state index in [1.165, 1.54) is 6.20 Å². The Bertz CT molecular complexity index is 415. The van der Waals surface area contributed by atoms with Gasteiger partial charge in [0.05, 0.1) is 4.92 Å². The fourth-order valence-electron chi connectivity index (χ4n) is 1.26. The number of rotatable bonds is 1. The van der Waals surface area contributed by atoms with Crippen molar-refractivity contribution in [1.82, 2.24) is 4.98 Å². The summed E-state index contributed by atoms with van der Waals surface area (Å²) in [5, 5.41) is 10.7. The molecule has 0 aliphatic carbocycles. The molecule has 1 aromatic rings. The van der Waals surface area contributed by atoms with E-state index in [0.29, 0.717) is 5.56 Å². The van der Waals surface area contributed by atoms with Crippen LogP contribution in [0.5, 0.6) is 0 Å². The molecule has 5 nitrogen and oxygen atoms in total. The second-order valence-electron chi connectivity index (χ2n) is 4.08. The van der Waals surface area contributed by atoms with E-state index >= 15 is 0 Å². The lowest BCUT2D eigenvalue weighted by Crippen LogP contribution is -2.21. The largest absolute Gasteiger partial charge is 0.337 e. The molecule has 0 spiro atoms. The molecule has 76 valence electrons. The fraction of sp³-hybridized carbons (Fsp3) is 0.444. The highest BCUT2D eigenvalue weighted by atomic mass is 16.6. The van der Waals surface area contributed by atoms with Crippen LogP contribution in [0.15, 0.2) is 17.1 Å². The van der Waals surface area contributed by atoms with Crippen LogP contribution < -0.4 is 5.56 Å². The molecule has 0 bridgehead atoms. The average Bonchev–Trinajstić information content (AvgIpc) is 2.01. The first-order valence-corrected chi connectivity index (χ1v) is 4.20. The van der Waals surface area contributed by atoms with Crippen molar-refractivity contribution in [2.24, 2.45) is 0 Å². The molecule has 0 saturated carbocycles. The molecular weight excluding hydrogens is 184 g/mol. The van der Waals surface area contributed by atoms with Gasteiger partial charge < -0.3 is 4.98 Å². The summed E-state index contributed by atoms with van der Waals surface area (Å²) in [7, 11) is 0. The standard InChI is InChI=1S/C9H12N2O3/c1-9(2,3)6-4-5-10-8(12)7(6)11(13)14/h4-5H,1-3H3,(H,10,12). The van der Waals surface area contributed by atoms with E-state index in [4.69, 9.17) is 0 Å². The van der Waals surface area contributed by atoms with Crippen molar-refractivity contribution in [3.63, 3.8) is 0 Å². The van der Waals surface area contributed by atoms with Crippen LogP contribution in [-0.4, -0.2) is 9.91 Å². The molecule has 0 aromatic carbocycles. The Kier molecular flexibility index (Phi) is 2.42. The molecule has 0 aliphatic heterocycles. The number of hydrogen-bond donors (Lipinski definition) is 1. The average molecular weight is 196 g/mol. The van der Waals surface area contributed by atoms with E-state index < -0.39 is 15.9 Å². The number of nitro groups is 1. The maximum Gasteiger partial charge on any atom is 0.337 e. The number of H-pyrrole nitrogens is 1. The number of nitrogens with one attached hydrogen (secondary N) is 1. The third-order valence-corrected chi connectivity index (χ3v) is 1.93. The normalized spacial score (nSPS) is 11.4. The van der Waals surface area contributed by atoms with E-state index in [1.807, 2.05) is 20.8 Å². The third kappa shape index (κ3) is 1.81. The van der Waals surface area contributed by atoms with E-state index in [9.17, 15) is 14.9 Å². The Morgan fingerprint density at radius 3 is 2.36 bits per heavy atom. The first kappa shape index (κ1) is 10.4. The van der Waals surface area contributed by atoms with Gasteiger partial charge >= 0.3 is 11.2 Å². The number of nitrogens with zero attached hydrogens (tertiary/aromatic N) is 1. The summed E-state index contributed by atoms with van der Waals surface area (Å²) in [6, 6.07) is 1.57. The van der Waals surface area contributed by atoms with Gasteiger partial charge in [-0.15, -0.1) is 0 Å². The van der Waals surface area contributed by atoms with Gasteiger partial charge in [0.2, 0.25) is 0 Å². The van der Waals surface area contributed by atoms with Gasteiger partial charge in [0.25, 0.3) is 0 Å². The topological polar surface area (TPSA) is 76.0 Å². The molecule has 0 fully saturated rings. The predicted molar refractivity (Wildman–Crippen MR) is 52.4 cm³/mol. The molecule has 0 atom stereocenters. The number of pyridine rings is 1. The Morgan fingerprint density at radius 2 is 2.00 bits per heavy atom. The highest BCUT2D eigenvalue weighted by molar-refractivity contribution is 5.41. The summed E-state index contributed by atoms with van der Waals surface area (Å²) < 4.78 is 0. The van der Waals surface area contributed by atoms with Crippen LogP contribution in [0.3, 0.4) is 0 Å². The SMILES string of the molecule is CC(C)(C)c1cc[nH]c(=O)c1[N+](=O)[O-]. The maximum atomic E-state index is 11.2. The lowest BCUT2D eigenvalue weighted by atomic mass is 9.86. The zero-order chi connectivity index (χ0) is 10.9. The van der Waals surface area contributed by atoms with E-state index in [1.54, 1.807) is 6.07 Å². The number of aromatic amines is 1. The van der Waals surface area contributed by atoms with E-state index in [2.05, 4.69) is 4.98 Å². The molecule has 1 rings (SSSR count). The van der Waals surface area contributed by atoms with Crippen molar-refractivity contribution in [3.05, 3.63) is 38.3 Å². The van der Waals surface area contributed by atoms with E-state index in [-0.39, 0.29) is 5.69 Å². The smallest absolute Gasteiger partial charge is 0.323 e. The number of hydrogen-bond acceptors (Lipinski definition) is 3. The molecule has 1 heterocycles. The molecule has 0 amide bonds. The molecule has 0 saturated heterocycles. The van der Waals surface area contributed by atoms with Gasteiger partial charge in [-0.2, -0.15) is 0 Å². The summed E-state index contributed by atoms with van der Waals surface area (Å²) in [6.45, 7) is 5.48. The molecule has 0 radical (unpaired) electrons. The van der Waals surface area contributed by atoms with Crippen molar-refractivity contribution in [1.29, 1.82) is 0 Å². The highest BCUT2D eigenvalue weighted by Gasteiger charge is 2.27. The van der Waals surface area contributed by atoms with Gasteiger partial charge in [-0.05, 0) is 11.5 Å². The Hall–Kier alpha value is -1.65. The van der Waals surface area contributed by atoms with E-state index in [0.717, 1.165) is 0 Å². The van der Waals surface area contributed by atoms with Gasteiger partial charge in [-0.1, -0.05) is 20.8 Å². The van der Waals surface area contributed by atoms with Crippen LogP contribution in [0.4, 0.5) is 5.69 Å². The summed E-state index contributed by atoms with van der Waals surface area (Å²) in [6.07, 6.45) is 1.43. The van der Waals surface area contributed by atoms with Crippen LogP contribution in [0, 0.1) is 10.1 Å². The molecule has 1 aromatic heterocycles. The van der Waals surface area contributed by atoms with Crippen molar-refractivity contribution in [2.45, 2.75) is 26.2 Å². The Morgan fingerprint density at radius 1 is 1.43 bits per heavy atom. The fourth-order valence-corrected chi connectivity index (χ4v) is 1.26. The summed E-state index contributed by atoms with van der Waals surface area (Å²) >= 11 is 0. The minimum Gasteiger partial charge on any atom is -0.323 e. The van der Waals surface area contributed by atoms with Crippen molar-refractivity contribution in [2.75, 3.05) is 0 Å². The Balaban J connectivity index is 3.52. The van der Waals surface area contributed by atoms with Gasteiger partial charge in [0.1, 0.15) is 0 Å². The summed E-state index contributed by atoms with van der Waals surface area (Å²) in [5.41, 5.74) is -0.967. The van der Waals surface area contributed by atoms with Crippen LogP contribution in [0.1, 0.15) is 26.3 Å². The second kappa shape index (κ2) is 3.25. The second-order valence-corrected chi connectivity index (χ2v) is 4.08. The van der Waals surface area contributed by atoms with Gasteiger partial charge in [-0.3, -0.25) is 14.9 Å². The first-order valence-electron chi connectivity index (χ1n) is 4.20. The molecule has 1 N–H and O–H groups in total. The molecule has 0 unspecified atom stereocenters. The van der Waals surface area contributed by atoms with Crippen LogP contribution in [-0.2, 0) is 5.41 Å². The highest BCUT2D eigenvalue weighted by Crippen LogP contribution is 2.27. The van der Waals surface area contributed by atoms with Gasteiger partial charge in [0.15, 0.2) is 0 Å². The van der Waals surface area contributed by atoms with Crippen LogP contribution in [0.2, 0.25) is 0 Å². The maximum absolute atomic E-state index is 11.2. The third-order valence-electron chi connectivity index (χ3n) is 1.93. The van der Waals surface area contributed by atoms with Crippen LogP contribution in [0.25, 0.3) is 0 Å².